The monoisotopic (exact) mass is 1170 g/mol. The Balaban J connectivity index is 6.42. The fourth-order valence-corrected chi connectivity index (χ4v) is 9.21. The summed E-state index contributed by atoms with van der Waals surface area (Å²) in [7, 11) is 0. The highest BCUT2D eigenvalue weighted by Gasteiger charge is 2.37. The Bertz CT molecular complexity index is 2030. The zero-order valence-electron chi connectivity index (χ0n) is 51.9. The SMILES string of the molecule is CC[C@H](C)[C@H](NC(=O)[C@@H](CC(C)C)NC(=O)[C@H](CC(=O)O)NC(=O)[C@@H](NC(=O)[C@@H](CC(C)C)NC(=O)[C@H](CC(C)C)NC(=O)[C@H](CC(C)C)NC(=O)[C@H](CCC(N)=O)NC(=O)CC(O)CCCCCCCCCC(C)C)C(C)C)C(=O)O. The van der Waals surface area contributed by atoms with E-state index < -0.39 is 138 Å². The van der Waals surface area contributed by atoms with Gasteiger partial charge in [0.25, 0.3) is 0 Å². The number of primary amides is 1. The molecule has 0 rings (SSSR count). The van der Waals surface area contributed by atoms with E-state index in [1.54, 1.807) is 55.4 Å². The summed E-state index contributed by atoms with van der Waals surface area (Å²) in [5.41, 5.74) is 5.42. The van der Waals surface area contributed by atoms with Crippen molar-refractivity contribution in [2.24, 2.45) is 47.2 Å². The van der Waals surface area contributed by atoms with E-state index in [4.69, 9.17) is 5.73 Å². The van der Waals surface area contributed by atoms with E-state index in [0.717, 1.165) is 32.1 Å². The van der Waals surface area contributed by atoms with E-state index in [0.29, 0.717) is 18.8 Å². The molecule has 0 spiro atoms. The molecular weight excluding hydrogens is 1060 g/mol. The summed E-state index contributed by atoms with van der Waals surface area (Å²) in [5.74, 6) is -11.3. The van der Waals surface area contributed by atoms with Gasteiger partial charge in [-0.05, 0) is 80.0 Å². The maximum atomic E-state index is 14.3. The van der Waals surface area contributed by atoms with E-state index in [1.165, 1.54) is 19.3 Å². The van der Waals surface area contributed by atoms with E-state index in [9.17, 15) is 68.1 Å². The number of aliphatic hydroxyl groups excluding tert-OH is 1. The molecular formula is C59H107N9O14. The molecule has 13 N–H and O–H groups in total. The second-order valence-electron chi connectivity index (χ2n) is 24.8. The van der Waals surface area contributed by atoms with Crippen molar-refractivity contribution in [3.8, 4) is 0 Å². The number of aliphatic hydroxyl groups is 1. The maximum absolute atomic E-state index is 14.3. The van der Waals surface area contributed by atoms with Gasteiger partial charge in [-0.25, -0.2) is 4.79 Å². The molecule has 0 aliphatic rings. The number of carboxylic acid groups (broad SMARTS) is 2. The van der Waals surface area contributed by atoms with Crippen LogP contribution in [0.1, 0.15) is 213 Å². The van der Waals surface area contributed by atoms with Gasteiger partial charge in [-0.15, -0.1) is 0 Å². The van der Waals surface area contributed by atoms with Crippen molar-refractivity contribution in [3.63, 3.8) is 0 Å². The van der Waals surface area contributed by atoms with Gasteiger partial charge in [0.2, 0.25) is 53.2 Å². The van der Waals surface area contributed by atoms with Crippen molar-refractivity contribution in [1.82, 2.24) is 42.5 Å². The number of hydrogen-bond acceptors (Lipinski definition) is 12. The lowest BCUT2D eigenvalue weighted by Gasteiger charge is -2.30. The van der Waals surface area contributed by atoms with Crippen LogP contribution < -0.4 is 48.3 Å². The molecule has 0 aliphatic carbocycles. The number of aliphatic carboxylic acids is 2. The van der Waals surface area contributed by atoms with Gasteiger partial charge in [0.15, 0.2) is 0 Å². The highest BCUT2D eigenvalue weighted by Crippen LogP contribution is 2.17. The number of unbranched alkanes of at least 4 members (excludes halogenated alkanes) is 6. The van der Waals surface area contributed by atoms with Gasteiger partial charge in [0, 0.05) is 6.42 Å². The highest BCUT2D eigenvalue weighted by atomic mass is 16.4. The lowest BCUT2D eigenvalue weighted by molar-refractivity contribution is -0.144. The molecule has 10 atom stereocenters. The molecule has 82 heavy (non-hydrogen) atoms. The summed E-state index contributed by atoms with van der Waals surface area (Å²) in [6.45, 7) is 25.3. The molecule has 472 valence electrons. The molecule has 0 aromatic rings. The number of carboxylic acids is 2. The Morgan fingerprint density at radius 1 is 0.390 bits per heavy atom. The lowest BCUT2D eigenvalue weighted by Crippen LogP contribution is -2.61. The minimum atomic E-state index is -1.76. The molecule has 9 amide bonds. The molecule has 0 saturated heterocycles. The molecule has 23 heteroatoms. The van der Waals surface area contributed by atoms with Crippen molar-refractivity contribution in [2.45, 2.75) is 267 Å². The van der Waals surface area contributed by atoms with E-state index >= 15 is 0 Å². The van der Waals surface area contributed by atoms with Gasteiger partial charge in [0.05, 0.1) is 18.9 Å². The van der Waals surface area contributed by atoms with Gasteiger partial charge >= 0.3 is 11.9 Å². The summed E-state index contributed by atoms with van der Waals surface area (Å²) in [4.78, 5) is 147. The first kappa shape index (κ1) is 76.1. The number of carbonyl (C=O) groups excluding carboxylic acids is 9. The van der Waals surface area contributed by atoms with Crippen LogP contribution >= 0.6 is 0 Å². The van der Waals surface area contributed by atoms with Crippen LogP contribution in [0.5, 0.6) is 0 Å². The standard InChI is InChI=1S/C59H107N9O14/c1-15-39(14)51(59(81)82)68-57(79)45(30-37(10)11)65-55(77)46(32-49(72)73)66-58(80)50(38(12)13)67-56(78)44(29-36(8)9)64-54(76)43(28-35(6)7)63-53(75)42(27-34(4)5)62-52(74)41(25-26-47(60)70)61-48(71)31-40(69)24-22-20-18-16-17-19-21-23-33(2)3/h33-46,50-51,69H,15-32H2,1-14H3,(H2,60,70)(H,61,71)(H,62,74)(H,63,75)(H,64,76)(H,65,77)(H,66,80)(H,67,78)(H,68,79)(H,72,73)(H,81,82)/t39-,40?,41-,42-,43-,44+,45+,46-,50-,51-/m0/s1. The Hall–Kier alpha value is -5.87. The van der Waals surface area contributed by atoms with Crippen LogP contribution in [0, 0.1) is 41.4 Å². The second-order valence-corrected chi connectivity index (χ2v) is 24.8. The number of nitrogens with one attached hydrogen (secondary N) is 8. The summed E-state index contributed by atoms with van der Waals surface area (Å²) < 4.78 is 0. The lowest BCUT2D eigenvalue weighted by atomic mass is 9.97. The fraction of sp³-hybridized carbons (Fsp3) is 0.814. The second kappa shape index (κ2) is 40.4. The Morgan fingerprint density at radius 2 is 0.744 bits per heavy atom. The third-order valence-corrected chi connectivity index (χ3v) is 14.0. The van der Waals surface area contributed by atoms with Crippen LogP contribution in [-0.4, -0.2) is 135 Å². The molecule has 0 saturated carbocycles. The minimum Gasteiger partial charge on any atom is -0.481 e. The Labute approximate surface area is 488 Å². The molecule has 0 aromatic heterocycles. The van der Waals surface area contributed by atoms with Crippen molar-refractivity contribution in [2.75, 3.05) is 0 Å². The predicted octanol–water partition coefficient (Wildman–Crippen LogP) is 4.49. The Morgan fingerprint density at radius 3 is 1.10 bits per heavy atom. The first-order valence-electron chi connectivity index (χ1n) is 30.0. The van der Waals surface area contributed by atoms with Gasteiger partial charge in [-0.3, -0.25) is 47.9 Å². The van der Waals surface area contributed by atoms with Gasteiger partial charge in [0.1, 0.15) is 48.3 Å². The maximum Gasteiger partial charge on any atom is 0.326 e. The predicted molar refractivity (Wildman–Crippen MR) is 313 cm³/mol. The number of rotatable bonds is 44. The molecule has 0 aromatic carbocycles. The summed E-state index contributed by atoms with van der Waals surface area (Å²) in [5, 5.41) is 51.0. The van der Waals surface area contributed by atoms with E-state index in [-0.39, 0.29) is 68.6 Å². The van der Waals surface area contributed by atoms with Gasteiger partial charge < -0.3 is 63.6 Å². The molecule has 0 aliphatic heterocycles. The highest BCUT2D eigenvalue weighted by molar-refractivity contribution is 5.98. The summed E-state index contributed by atoms with van der Waals surface area (Å²) in [6, 6.07) is -10.8. The van der Waals surface area contributed by atoms with Crippen molar-refractivity contribution >= 4 is 65.1 Å². The van der Waals surface area contributed by atoms with E-state index in [1.807, 2.05) is 27.7 Å². The normalized spacial score (nSPS) is 15.3. The molecule has 1 unspecified atom stereocenters. The summed E-state index contributed by atoms with van der Waals surface area (Å²) in [6.07, 6.45) is 6.98. The molecule has 0 bridgehead atoms. The molecule has 23 nitrogen and oxygen atoms in total. The Kier molecular flexibility index (Phi) is 37.5. The average Bonchev–Trinajstić information content (AvgIpc) is 3.35. The first-order chi connectivity index (χ1) is 38.2. The quantitative estimate of drug-likeness (QED) is 0.0374. The molecule has 0 heterocycles. The van der Waals surface area contributed by atoms with Gasteiger partial charge in [-0.2, -0.15) is 0 Å². The van der Waals surface area contributed by atoms with Crippen molar-refractivity contribution in [1.29, 1.82) is 0 Å². The zero-order chi connectivity index (χ0) is 63.0. The minimum absolute atomic E-state index is 0.0376. The smallest absolute Gasteiger partial charge is 0.326 e. The number of carbonyl (C=O) groups is 11. The topological polar surface area (TPSA) is 371 Å². The fourth-order valence-electron chi connectivity index (χ4n) is 9.21. The first-order valence-corrected chi connectivity index (χ1v) is 30.0. The summed E-state index contributed by atoms with van der Waals surface area (Å²) >= 11 is 0. The third-order valence-electron chi connectivity index (χ3n) is 14.0. The van der Waals surface area contributed by atoms with E-state index in [2.05, 4.69) is 56.4 Å². The van der Waals surface area contributed by atoms with Crippen LogP contribution in [-0.2, 0) is 52.7 Å². The van der Waals surface area contributed by atoms with Crippen LogP contribution in [0.15, 0.2) is 0 Å². The molecule has 0 fully saturated rings. The van der Waals surface area contributed by atoms with Crippen molar-refractivity contribution in [3.05, 3.63) is 0 Å². The number of hydrogen-bond donors (Lipinski definition) is 12. The van der Waals surface area contributed by atoms with Crippen LogP contribution in [0.25, 0.3) is 0 Å². The number of nitrogens with two attached hydrogens (primary N) is 1. The zero-order valence-corrected chi connectivity index (χ0v) is 51.9. The average molecular weight is 1170 g/mol. The third kappa shape index (κ3) is 33.3. The van der Waals surface area contributed by atoms with Crippen LogP contribution in [0.4, 0.5) is 0 Å². The largest absolute Gasteiger partial charge is 0.481 e. The van der Waals surface area contributed by atoms with Crippen LogP contribution in [0.3, 0.4) is 0 Å². The van der Waals surface area contributed by atoms with Crippen LogP contribution in [0.2, 0.25) is 0 Å². The van der Waals surface area contributed by atoms with Crippen molar-refractivity contribution < 1.29 is 68.1 Å². The number of amides is 9. The molecule has 0 radical (unpaired) electrons. The van der Waals surface area contributed by atoms with Gasteiger partial charge in [-0.1, -0.05) is 155 Å².